The summed E-state index contributed by atoms with van der Waals surface area (Å²) in [6.07, 6.45) is 1.92. The summed E-state index contributed by atoms with van der Waals surface area (Å²) in [6, 6.07) is 15.6. The molecule has 0 aliphatic carbocycles. The van der Waals surface area contributed by atoms with E-state index < -0.39 is 0 Å². The largest absolute Gasteiger partial charge is 0.497 e. The Morgan fingerprint density at radius 2 is 1.71 bits per heavy atom. The van der Waals surface area contributed by atoms with Gasteiger partial charge in [0.1, 0.15) is 5.75 Å². The van der Waals surface area contributed by atoms with E-state index in [2.05, 4.69) is 43.4 Å². The maximum absolute atomic E-state index is 11.9. The Labute approximate surface area is 143 Å². The topological polar surface area (TPSA) is 50.7 Å². The van der Waals surface area contributed by atoms with Crippen LogP contribution in [0.15, 0.2) is 53.6 Å². The number of methoxy groups -OCH3 is 1. The first-order chi connectivity index (χ1) is 11.4. The Bertz CT molecular complexity index is 696. The van der Waals surface area contributed by atoms with Crippen molar-refractivity contribution in [1.29, 1.82) is 0 Å². The molecule has 0 bridgehead atoms. The Balaban J connectivity index is 1.87. The summed E-state index contributed by atoms with van der Waals surface area (Å²) >= 11 is 0. The number of nitrogens with zero attached hydrogens (tertiary/aromatic N) is 1. The van der Waals surface area contributed by atoms with Crippen molar-refractivity contribution >= 4 is 12.1 Å². The molecule has 0 aliphatic heterocycles. The number of carbonyl (C=O) groups is 1. The van der Waals surface area contributed by atoms with Crippen LogP contribution in [0, 0.1) is 0 Å². The third-order valence-electron chi connectivity index (χ3n) is 3.70. The first-order valence-electron chi connectivity index (χ1n) is 7.94. The number of rotatable bonds is 5. The molecule has 2 aromatic carbocycles. The molecule has 0 aromatic heterocycles. The van der Waals surface area contributed by atoms with E-state index in [4.69, 9.17) is 4.74 Å². The van der Waals surface area contributed by atoms with Crippen LogP contribution >= 0.6 is 0 Å². The third kappa shape index (κ3) is 5.23. The molecule has 0 spiro atoms. The van der Waals surface area contributed by atoms with Crippen LogP contribution in [0.1, 0.15) is 37.5 Å². The third-order valence-corrected chi connectivity index (χ3v) is 3.70. The Morgan fingerprint density at radius 1 is 1.08 bits per heavy atom. The van der Waals surface area contributed by atoms with Crippen molar-refractivity contribution in [2.45, 2.75) is 32.6 Å². The highest BCUT2D eigenvalue weighted by Crippen LogP contribution is 2.22. The minimum absolute atomic E-state index is 0.115. The lowest BCUT2D eigenvalue weighted by Crippen LogP contribution is -2.20. The highest BCUT2D eigenvalue weighted by molar-refractivity contribution is 5.83. The molecular formula is C20H24N2O2. The van der Waals surface area contributed by atoms with Crippen LogP contribution in [0.2, 0.25) is 0 Å². The molecule has 126 valence electrons. The number of hydrogen-bond donors (Lipinski definition) is 1. The van der Waals surface area contributed by atoms with Crippen molar-refractivity contribution in [3.63, 3.8) is 0 Å². The van der Waals surface area contributed by atoms with E-state index in [1.54, 1.807) is 13.3 Å². The molecule has 0 aliphatic rings. The molecular weight excluding hydrogens is 300 g/mol. The van der Waals surface area contributed by atoms with Crippen LogP contribution in [0.25, 0.3) is 0 Å². The van der Waals surface area contributed by atoms with Crippen molar-refractivity contribution in [2.24, 2.45) is 5.10 Å². The fourth-order valence-electron chi connectivity index (χ4n) is 2.22. The fourth-order valence-corrected chi connectivity index (χ4v) is 2.22. The van der Waals surface area contributed by atoms with Gasteiger partial charge in [-0.25, -0.2) is 5.43 Å². The second-order valence-electron chi connectivity index (χ2n) is 6.69. The molecule has 0 heterocycles. The zero-order valence-electron chi connectivity index (χ0n) is 14.7. The van der Waals surface area contributed by atoms with Gasteiger partial charge >= 0.3 is 0 Å². The lowest BCUT2D eigenvalue weighted by Gasteiger charge is -2.19. The van der Waals surface area contributed by atoms with Crippen LogP contribution < -0.4 is 10.2 Å². The Hall–Kier alpha value is -2.62. The summed E-state index contributed by atoms with van der Waals surface area (Å²) in [4.78, 5) is 11.9. The standard InChI is InChI=1S/C20H24N2O2/c1-20(2,3)17-9-5-15(6-10-17)13-19(23)22-21-14-16-7-11-18(24-4)12-8-16/h5-12,14H,13H2,1-4H3,(H,22,23)/b21-14-. The number of hydrazone groups is 1. The lowest BCUT2D eigenvalue weighted by atomic mass is 9.86. The van der Waals surface area contributed by atoms with Gasteiger partial charge in [-0.1, -0.05) is 45.0 Å². The normalized spacial score (nSPS) is 11.5. The number of carbonyl (C=O) groups excluding carboxylic acids is 1. The van der Waals surface area contributed by atoms with Crippen molar-refractivity contribution in [2.75, 3.05) is 7.11 Å². The molecule has 0 saturated heterocycles. The van der Waals surface area contributed by atoms with E-state index in [9.17, 15) is 4.79 Å². The van der Waals surface area contributed by atoms with E-state index >= 15 is 0 Å². The van der Waals surface area contributed by atoms with Gasteiger partial charge in [0, 0.05) is 0 Å². The SMILES string of the molecule is COc1ccc(/C=N\NC(=O)Cc2ccc(C(C)(C)C)cc2)cc1. The highest BCUT2D eigenvalue weighted by atomic mass is 16.5. The molecule has 0 fully saturated rings. The molecule has 0 unspecified atom stereocenters. The van der Waals surface area contributed by atoms with Gasteiger partial charge in [0.25, 0.3) is 0 Å². The summed E-state index contributed by atoms with van der Waals surface area (Å²) in [5.41, 5.74) is 5.79. The minimum atomic E-state index is -0.136. The zero-order chi connectivity index (χ0) is 17.6. The number of nitrogens with one attached hydrogen (secondary N) is 1. The van der Waals surface area contributed by atoms with E-state index in [0.29, 0.717) is 6.42 Å². The number of amides is 1. The number of benzene rings is 2. The molecule has 0 radical (unpaired) electrons. The summed E-state index contributed by atoms with van der Waals surface area (Å²) in [5.74, 6) is 0.651. The van der Waals surface area contributed by atoms with Gasteiger partial charge in [-0.15, -0.1) is 0 Å². The fraction of sp³-hybridized carbons (Fsp3) is 0.300. The maximum Gasteiger partial charge on any atom is 0.244 e. The van der Waals surface area contributed by atoms with Crippen LogP contribution in [0.4, 0.5) is 0 Å². The van der Waals surface area contributed by atoms with Crippen LogP contribution in [-0.4, -0.2) is 19.2 Å². The predicted octanol–water partition coefficient (Wildman–Crippen LogP) is 3.69. The van der Waals surface area contributed by atoms with Gasteiger partial charge in [-0.05, 0) is 46.4 Å². The van der Waals surface area contributed by atoms with Crippen molar-refractivity contribution in [3.8, 4) is 5.75 Å². The van der Waals surface area contributed by atoms with E-state index in [-0.39, 0.29) is 11.3 Å². The number of ether oxygens (including phenoxy) is 1. The lowest BCUT2D eigenvalue weighted by molar-refractivity contribution is -0.120. The average Bonchev–Trinajstić information content (AvgIpc) is 2.55. The molecule has 2 aromatic rings. The molecule has 4 heteroatoms. The monoisotopic (exact) mass is 324 g/mol. The van der Waals surface area contributed by atoms with Gasteiger partial charge in [-0.3, -0.25) is 4.79 Å². The minimum Gasteiger partial charge on any atom is -0.497 e. The van der Waals surface area contributed by atoms with Gasteiger partial charge in [0.15, 0.2) is 0 Å². The van der Waals surface area contributed by atoms with Gasteiger partial charge in [0.05, 0.1) is 19.7 Å². The summed E-state index contributed by atoms with van der Waals surface area (Å²) < 4.78 is 5.09. The zero-order valence-corrected chi connectivity index (χ0v) is 14.7. The molecule has 2 rings (SSSR count). The molecule has 1 amide bonds. The maximum atomic E-state index is 11.9. The predicted molar refractivity (Wildman–Crippen MR) is 97.6 cm³/mol. The van der Waals surface area contributed by atoms with E-state index in [0.717, 1.165) is 16.9 Å². The van der Waals surface area contributed by atoms with Crippen LogP contribution in [0.5, 0.6) is 5.75 Å². The van der Waals surface area contributed by atoms with Crippen LogP contribution in [0.3, 0.4) is 0 Å². The quantitative estimate of drug-likeness (QED) is 0.674. The van der Waals surface area contributed by atoms with E-state index in [1.165, 1.54) is 5.56 Å². The van der Waals surface area contributed by atoms with Crippen molar-refractivity contribution in [3.05, 3.63) is 65.2 Å². The molecule has 4 nitrogen and oxygen atoms in total. The van der Waals surface area contributed by atoms with Crippen molar-refractivity contribution < 1.29 is 9.53 Å². The first kappa shape index (κ1) is 17.7. The van der Waals surface area contributed by atoms with E-state index in [1.807, 2.05) is 36.4 Å². The molecule has 1 N–H and O–H groups in total. The smallest absolute Gasteiger partial charge is 0.244 e. The number of hydrogen-bond acceptors (Lipinski definition) is 3. The second-order valence-corrected chi connectivity index (χ2v) is 6.69. The van der Waals surface area contributed by atoms with Crippen molar-refractivity contribution in [1.82, 2.24) is 5.43 Å². The molecule has 0 saturated carbocycles. The first-order valence-corrected chi connectivity index (χ1v) is 7.94. The Kier molecular flexibility index (Phi) is 5.74. The van der Waals surface area contributed by atoms with Crippen LogP contribution in [-0.2, 0) is 16.6 Å². The van der Waals surface area contributed by atoms with Gasteiger partial charge < -0.3 is 4.74 Å². The van der Waals surface area contributed by atoms with Gasteiger partial charge in [-0.2, -0.15) is 5.10 Å². The summed E-state index contributed by atoms with van der Waals surface area (Å²) in [6.45, 7) is 6.51. The second kappa shape index (κ2) is 7.77. The highest BCUT2D eigenvalue weighted by Gasteiger charge is 2.13. The Morgan fingerprint density at radius 3 is 2.25 bits per heavy atom. The molecule has 0 atom stereocenters. The molecule has 24 heavy (non-hydrogen) atoms. The summed E-state index contributed by atoms with van der Waals surface area (Å²) in [7, 11) is 1.62. The average molecular weight is 324 g/mol. The summed E-state index contributed by atoms with van der Waals surface area (Å²) in [5, 5.41) is 3.98. The van der Waals surface area contributed by atoms with Gasteiger partial charge in [0.2, 0.25) is 5.91 Å².